The van der Waals surface area contributed by atoms with Crippen LogP contribution >= 0.6 is 0 Å². The van der Waals surface area contributed by atoms with Gasteiger partial charge in [-0.3, -0.25) is 30.6 Å². The van der Waals surface area contributed by atoms with Gasteiger partial charge in [-0.1, -0.05) is 0 Å². The number of nitrogens with zero attached hydrogens (tertiary/aromatic N) is 1. The molecule has 0 aromatic heterocycles. The zero-order valence-electron chi connectivity index (χ0n) is 10.3. The number of carbonyl (C=O) groups is 1. The Bertz CT molecular complexity index is 390. The van der Waals surface area contributed by atoms with Crippen molar-refractivity contribution in [3.05, 3.63) is 0 Å². The molecule has 0 aliphatic heterocycles. The van der Waals surface area contributed by atoms with Crippen LogP contribution in [0.25, 0.3) is 0 Å². The molecular formula is C7H16NO13+. The third-order valence-electron chi connectivity index (χ3n) is 2.92. The van der Waals surface area contributed by atoms with Gasteiger partial charge in [-0.05, 0) is 0 Å². The molecule has 0 amide bonds. The van der Waals surface area contributed by atoms with Crippen molar-refractivity contribution in [3.63, 3.8) is 0 Å². The number of hydrogen-bond acceptors (Lipinski definition) is 12. The van der Waals surface area contributed by atoms with Crippen molar-refractivity contribution in [1.82, 2.24) is 0 Å². The Balaban J connectivity index is 6.23. The molecule has 0 saturated heterocycles. The normalized spacial score (nSPS) is 16.8. The maximum Gasteiger partial charge on any atom is 0.452 e. The van der Waals surface area contributed by atoms with Crippen molar-refractivity contribution >= 4 is 5.97 Å². The summed E-state index contributed by atoms with van der Waals surface area (Å²) in [5, 5.41) is 108. The van der Waals surface area contributed by atoms with Crippen LogP contribution in [0.5, 0.6) is 0 Å². The maximum absolute atomic E-state index is 10.5. The Morgan fingerprint density at radius 1 is 0.857 bits per heavy atom. The number of quaternary nitrogens is 1. The van der Waals surface area contributed by atoms with Crippen molar-refractivity contribution in [2.45, 2.75) is 30.0 Å². The van der Waals surface area contributed by atoms with E-state index in [0.717, 1.165) is 0 Å². The number of hydrogen-bond donors (Lipinski definition) is 12. The Kier molecular flexibility index (Phi) is 4.78. The average molecular weight is 322 g/mol. The van der Waals surface area contributed by atoms with E-state index >= 15 is 0 Å². The minimum absolute atomic E-state index is 0.110. The topological polar surface area (TPSA) is 260 Å². The van der Waals surface area contributed by atoms with Crippen LogP contribution < -0.4 is 0 Å². The highest BCUT2D eigenvalue weighted by Gasteiger charge is 2.76. The summed E-state index contributed by atoms with van der Waals surface area (Å²) >= 11 is 0. The van der Waals surface area contributed by atoms with Crippen molar-refractivity contribution in [1.29, 1.82) is 0 Å². The minimum Gasteiger partial charge on any atom is -0.477 e. The van der Waals surface area contributed by atoms with Crippen LogP contribution in [0.4, 0.5) is 0 Å². The highest BCUT2D eigenvalue weighted by Crippen LogP contribution is 2.37. The predicted octanol–water partition coefficient (Wildman–Crippen LogP) is -7.63. The summed E-state index contributed by atoms with van der Waals surface area (Å²) < 4.78 is -3.33. The van der Waals surface area contributed by atoms with E-state index in [1.165, 1.54) is 0 Å². The molecule has 126 valence electrons. The number of aliphatic hydroxyl groups excluding tert-OH is 1. The summed E-state index contributed by atoms with van der Waals surface area (Å²) in [6, 6.07) is 0. The number of rotatable bonds is 6. The lowest BCUT2D eigenvalue weighted by Crippen LogP contribution is -2.86. The van der Waals surface area contributed by atoms with Gasteiger partial charge in [-0.15, -0.1) is 4.48 Å². The molecule has 0 rings (SSSR count). The first-order chi connectivity index (χ1) is 8.85. The Labute approximate surface area is 115 Å². The molecule has 0 aromatic carbocycles. The van der Waals surface area contributed by atoms with E-state index in [-0.39, 0.29) is 7.05 Å². The third kappa shape index (κ3) is 2.83. The summed E-state index contributed by atoms with van der Waals surface area (Å²) in [4.78, 5) is 10.5. The van der Waals surface area contributed by atoms with Crippen LogP contribution in [0.3, 0.4) is 0 Å². The number of aliphatic carboxylic acids is 1. The zero-order chi connectivity index (χ0) is 17.7. The lowest BCUT2D eigenvalue weighted by molar-refractivity contribution is -1.19. The second kappa shape index (κ2) is 5.02. The molecule has 0 fully saturated rings. The molecule has 0 heterocycles. The predicted molar refractivity (Wildman–Crippen MR) is 52.9 cm³/mol. The second-order valence-corrected chi connectivity index (χ2v) is 4.33. The molecule has 0 aliphatic rings. The van der Waals surface area contributed by atoms with Crippen molar-refractivity contribution < 1.29 is 70.6 Å². The Morgan fingerprint density at radius 3 is 1.33 bits per heavy atom. The van der Waals surface area contributed by atoms with Gasteiger partial charge < -0.3 is 30.6 Å². The molecule has 0 aromatic rings. The molecule has 1 atom stereocenters. The summed E-state index contributed by atoms with van der Waals surface area (Å²) in [7, 11) is -0.110. The van der Waals surface area contributed by atoms with Crippen molar-refractivity contribution in [3.8, 4) is 0 Å². The highest BCUT2D eigenvalue weighted by atomic mass is 16.8. The van der Waals surface area contributed by atoms with E-state index in [1.807, 2.05) is 0 Å². The van der Waals surface area contributed by atoms with Gasteiger partial charge in [0.2, 0.25) is 6.10 Å². The monoisotopic (exact) mass is 322 g/mol. The van der Waals surface area contributed by atoms with Crippen LogP contribution in [0.1, 0.15) is 0 Å². The largest absolute Gasteiger partial charge is 0.477 e. The summed E-state index contributed by atoms with van der Waals surface area (Å²) in [6.07, 6.45) is -13.0. The number of carboxylic acid groups (broad SMARTS) is 1. The van der Waals surface area contributed by atoms with Crippen LogP contribution in [-0.2, 0) is 4.79 Å². The number of aliphatic hydroxyl groups is 11. The number of likely N-dealkylation sites (N-methyl/N-ethyl adjacent to an activating group) is 1. The van der Waals surface area contributed by atoms with Gasteiger partial charge in [0.15, 0.2) is 0 Å². The van der Waals surface area contributed by atoms with E-state index in [9.17, 15) is 20.1 Å². The molecule has 0 saturated carbocycles. The van der Waals surface area contributed by atoms with Gasteiger partial charge in [-0.2, -0.15) is 0 Å². The van der Waals surface area contributed by atoms with Crippen molar-refractivity contribution in [2.75, 3.05) is 7.05 Å². The molecular weight excluding hydrogens is 306 g/mol. The minimum atomic E-state index is -4.64. The molecule has 0 spiro atoms. The van der Waals surface area contributed by atoms with Gasteiger partial charge in [0.1, 0.15) is 0 Å². The highest BCUT2D eigenvalue weighted by molar-refractivity contribution is 5.75. The van der Waals surface area contributed by atoms with E-state index in [2.05, 4.69) is 0 Å². The lowest BCUT2D eigenvalue weighted by atomic mass is 10.0. The van der Waals surface area contributed by atoms with E-state index < -0.39 is 40.4 Å². The molecule has 12 N–H and O–H groups in total. The van der Waals surface area contributed by atoms with Crippen LogP contribution in [0.2, 0.25) is 0 Å². The second-order valence-electron chi connectivity index (χ2n) is 4.33. The zero-order valence-corrected chi connectivity index (χ0v) is 10.3. The molecule has 0 radical (unpaired) electrons. The van der Waals surface area contributed by atoms with E-state index in [0.29, 0.717) is 0 Å². The lowest BCUT2D eigenvalue weighted by Gasteiger charge is -2.51. The number of carboxylic acids is 1. The first-order valence-electron chi connectivity index (χ1n) is 4.87. The molecule has 14 nitrogen and oxygen atoms in total. The Hall–Kier alpha value is -1.01. The fraction of sp³-hybridized carbons (Fsp3) is 0.857. The summed E-state index contributed by atoms with van der Waals surface area (Å²) in [5.74, 6) is -11.7. The maximum atomic E-state index is 10.5. The van der Waals surface area contributed by atoms with Gasteiger partial charge in [0.05, 0.1) is 7.05 Å². The standard InChI is InChI=1S/C7H15NO13/c1-8(6(16,17)18,7(19,20)21)5(14,15)2(9)4(12,13)3(10)11/h2,9,12-21H,1H3/p+1. The molecule has 21 heavy (non-hydrogen) atoms. The fourth-order valence-electron chi connectivity index (χ4n) is 1.27. The Morgan fingerprint density at radius 2 is 1.14 bits per heavy atom. The van der Waals surface area contributed by atoms with E-state index in [1.54, 1.807) is 0 Å². The van der Waals surface area contributed by atoms with Crippen LogP contribution in [0, 0.1) is 0 Å². The SMILES string of the molecule is C[N+](C(O)(O)O)(C(O)(O)O)C(O)(O)C(O)C(O)(O)C(=O)O. The summed E-state index contributed by atoms with van der Waals surface area (Å²) in [6.45, 7) is 0. The molecule has 1 unspecified atom stereocenters. The van der Waals surface area contributed by atoms with E-state index in [4.69, 9.17) is 46.0 Å². The summed E-state index contributed by atoms with van der Waals surface area (Å²) in [5.41, 5.74) is 0. The van der Waals surface area contributed by atoms with Crippen LogP contribution in [0.15, 0.2) is 0 Å². The molecule has 0 aliphatic carbocycles. The average Bonchev–Trinajstić information content (AvgIpc) is 2.23. The molecule has 0 bridgehead atoms. The van der Waals surface area contributed by atoms with Crippen LogP contribution in [-0.4, -0.2) is 109 Å². The van der Waals surface area contributed by atoms with Crippen molar-refractivity contribution in [2.24, 2.45) is 0 Å². The van der Waals surface area contributed by atoms with Gasteiger partial charge >= 0.3 is 29.9 Å². The fourth-order valence-corrected chi connectivity index (χ4v) is 1.27. The third-order valence-corrected chi connectivity index (χ3v) is 2.92. The smallest absolute Gasteiger partial charge is 0.452 e. The van der Waals surface area contributed by atoms with Gasteiger partial charge in [0, 0.05) is 0 Å². The quantitative estimate of drug-likeness (QED) is 0.160. The van der Waals surface area contributed by atoms with Gasteiger partial charge in [0.25, 0.3) is 0 Å². The first-order valence-corrected chi connectivity index (χ1v) is 4.87. The molecule has 14 heteroatoms. The first kappa shape index (κ1) is 20.0. The van der Waals surface area contributed by atoms with Gasteiger partial charge in [-0.25, -0.2) is 4.79 Å².